The Balaban J connectivity index is 1.45. The molecule has 0 radical (unpaired) electrons. The third-order valence-corrected chi connectivity index (χ3v) is 4.99. The molecule has 0 bridgehead atoms. The minimum Gasteiger partial charge on any atom is -0.354 e. The van der Waals surface area contributed by atoms with E-state index in [1.165, 1.54) is 4.57 Å². The van der Waals surface area contributed by atoms with Crippen molar-refractivity contribution in [3.63, 3.8) is 0 Å². The van der Waals surface area contributed by atoms with Crippen LogP contribution >= 0.6 is 15.9 Å². The molecule has 1 fully saturated rings. The van der Waals surface area contributed by atoms with Gasteiger partial charge in [0.05, 0.1) is 10.2 Å². The topological polar surface area (TPSA) is 70.5 Å². The smallest absolute Gasteiger partial charge is 0.264 e. The number of pyridine rings is 2. The Hall–Kier alpha value is -2.19. The van der Waals surface area contributed by atoms with E-state index in [4.69, 9.17) is 0 Å². The normalized spacial score (nSPS) is 15.1. The standard InChI is InChI=1S/C18H22BrN5O2/c1-22-13-14(12-15(19)18(22)26)21-17(25)5-7-23-8-10-24(11-9-23)16-4-2-3-6-20-16/h2-4,6,12-13H,5,7-11H2,1H3,(H,21,25). The van der Waals surface area contributed by atoms with Crippen molar-refractivity contribution in [3.8, 4) is 0 Å². The predicted molar refractivity (Wildman–Crippen MR) is 106 cm³/mol. The van der Waals surface area contributed by atoms with E-state index >= 15 is 0 Å². The highest BCUT2D eigenvalue weighted by Crippen LogP contribution is 2.14. The molecule has 0 spiro atoms. The Morgan fingerprint density at radius 3 is 2.69 bits per heavy atom. The van der Waals surface area contributed by atoms with E-state index in [2.05, 4.69) is 36.0 Å². The molecule has 0 atom stereocenters. The summed E-state index contributed by atoms with van der Waals surface area (Å²) >= 11 is 3.21. The number of amides is 1. The molecule has 2 aromatic heterocycles. The summed E-state index contributed by atoms with van der Waals surface area (Å²) in [5, 5.41) is 2.85. The van der Waals surface area contributed by atoms with E-state index in [-0.39, 0.29) is 11.5 Å². The number of piperazine rings is 1. The van der Waals surface area contributed by atoms with Crippen LogP contribution in [0.4, 0.5) is 11.5 Å². The van der Waals surface area contributed by atoms with Crippen LogP contribution in [0.15, 0.2) is 45.9 Å². The molecular formula is C18H22BrN5O2. The third-order valence-electron chi connectivity index (χ3n) is 4.42. The number of aromatic nitrogens is 2. The van der Waals surface area contributed by atoms with Gasteiger partial charge in [-0.15, -0.1) is 0 Å². The monoisotopic (exact) mass is 419 g/mol. The predicted octanol–water partition coefficient (Wildman–Crippen LogP) is 1.69. The molecule has 3 rings (SSSR count). The number of carbonyl (C=O) groups excluding carboxylic acids is 1. The third kappa shape index (κ3) is 4.70. The quantitative estimate of drug-likeness (QED) is 0.798. The van der Waals surface area contributed by atoms with Crippen molar-refractivity contribution < 1.29 is 4.79 Å². The summed E-state index contributed by atoms with van der Waals surface area (Å²) < 4.78 is 1.87. The van der Waals surface area contributed by atoms with Gasteiger partial charge in [-0.2, -0.15) is 0 Å². The van der Waals surface area contributed by atoms with Gasteiger partial charge in [-0.3, -0.25) is 14.5 Å². The Labute approximate surface area is 160 Å². The molecule has 0 saturated carbocycles. The van der Waals surface area contributed by atoms with E-state index in [0.29, 0.717) is 16.6 Å². The minimum absolute atomic E-state index is 0.0531. The maximum atomic E-state index is 12.2. The van der Waals surface area contributed by atoms with Crippen LogP contribution in [0, 0.1) is 0 Å². The molecule has 1 aliphatic rings. The van der Waals surface area contributed by atoms with Crippen molar-refractivity contribution in [1.82, 2.24) is 14.5 Å². The zero-order chi connectivity index (χ0) is 18.5. The summed E-state index contributed by atoms with van der Waals surface area (Å²) in [7, 11) is 1.66. The molecule has 1 saturated heterocycles. The summed E-state index contributed by atoms with van der Waals surface area (Å²) in [6.07, 6.45) is 3.85. The van der Waals surface area contributed by atoms with Gasteiger partial charge in [0.15, 0.2) is 0 Å². The number of hydrogen-bond donors (Lipinski definition) is 1. The number of hydrogen-bond acceptors (Lipinski definition) is 5. The Bertz CT molecular complexity index is 790. The van der Waals surface area contributed by atoms with Crippen molar-refractivity contribution in [2.24, 2.45) is 7.05 Å². The van der Waals surface area contributed by atoms with Gasteiger partial charge in [-0.25, -0.2) is 4.98 Å². The average molecular weight is 420 g/mol. The van der Waals surface area contributed by atoms with E-state index in [1.807, 2.05) is 24.4 Å². The van der Waals surface area contributed by atoms with Gasteiger partial charge in [0.2, 0.25) is 5.91 Å². The highest BCUT2D eigenvalue weighted by molar-refractivity contribution is 9.10. The fourth-order valence-corrected chi connectivity index (χ4v) is 3.49. The fourth-order valence-electron chi connectivity index (χ4n) is 2.96. The lowest BCUT2D eigenvalue weighted by molar-refractivity contribution is -0.116. The van der Waals surface area contributed by atoms with Crippen LogP contribution in [0.25, 0.3) is 0 Å². The lowest BCUT2D eigenvalue weighted by atomic mass is 10.2. The van der Waals surface area contributed by atoms with Gasteiger partial charge in [0, 0.05) is 58.6 Å². The Morgan fingerprint density at radius 1 is 1.27 bits per heavy atom. The fraction of sp³-hybridized carbons (Fsp3) is 0.389. The van der Waals surface area contributed by atoms with Crippen molar-refractivity contribution in [3.05, 3.63) is 51.5 Å². The van der Waals surface area contributed by atoms with Crippen LogP contribution in [-0.4, -0.2) is 53.1 Å². The van der Waals surface area contributed by atoms with Gasteiger partial charge >= 0.3 is 0 Å². The maximum Gasteiger partial charge on any atom is 0.264 e. The highest BCUT2D eigenvalue weighted by Gasteiger charge is 2.18. The van der Waals surface area contributed by atoms with Gasteiger partial charge in [-0.05, 0) is 34.1 Å². The number of rotatable bonds is 5. The van der Waals surface area contributed by atoms with E-state index < -0.39 is 0 Å². The number of carbonyl (C=O) groups is 1. The maximum absolute atomic E-state index is 12.2. The first-order valence-corrected chi connectivity index (χ1v) is 9.36. The number of aryl methyl sites for hydroxylation is 1. The summed E-state index contributed by atoms with van der Waals surface area (Å²) in [6.45, 7) is 4.36. The van der Waals surface area contributed by atoms with Crippen LogP contribution < -0.4 is 15.8 Å². The summed E-state index contributed by atoms with van der Waals surface area (Å²) in [6, 6.07) is 7.57. The first-order chi connectivity index (χ1) is 12.5. The largest absolute Gasteiger partial charge is 0.354 e. The SMILES string of the molecule is Cn1cc(NC(=O)CCN2CCN(c3ccccn3)CC2)cc(Br)c1=O. The summed E-state index contributed by atoms with van der Waals surface area (Å²) in [4.78, 5) is 32.8. The molecule has 138 valence electrons. The molecule has 3 heterocycles. The van der Waals surface area contributed by atoms with Crippen molar-refractivity contribution in [2.45, 2.75) is 6.42 Å². The molecule has 26 heavy (non-hydrogen) atoms. The zero-order valence-corrected chi connectivity index (χ0v) is 16.3. The number of nitrogens with zero attached hydrogens (tertiary/aromatic N) is 4. The van der Waals surface area contributed by atoms with Crippen molar-refractivity contribution >= 4 is 33.3 Å². The lowest BCUT2D eigenvalue weighted by Crippen LogP contribution is -2.47. The molecular weight excluding hydrogens is 398 g/mol. The van der Waals surface area contributed by atoms with Gasteiger partial charge < -0.3 is 14.8 Å². The Morgan fingerprint density at radius 2 is 2.04 bits per heavy atom. The number of halogens is 1. The number of nitrogens with one attached hydrogen (secondary N) is 1. The van der Waals surface area contributed by atoms with Gasteiger partial charge in [0.25, 0.3) is 5.56 Å². The van der Waals surface area contributed by atoms with Gasteiger partial charge in [0.1, 0.15) is 5.82 Å². The van der Waals surface area contributed by atoms with Crippen LogP contribution in [0.5, 0.6) is 0 Å². The first kappa shape index (κ1) is 18.6. The molecule has 0 aromatic carbocycles. The molecule has 0 unspecified atom stereocenters. The number of anilines is 2. The minimum atomic E-state index is -0.131. The average Bonchev–Trinajstić information content (AvgIpc) is 2.65. The highest BCUT2D eigenvalue weighted by atomic mass is 79.9. The Kier molecular flexibility index (Phi) is 6.05. The molecule has 1 aliphatic heterocycles. The summed E-state index contributed by atoms with van der Waals surface area (Å²) in [5.41, 5.74) is 0.484. The molecule has 8 heteroatoms. The van der Waals surface area contributed by atoms with Gasteiger partial charge in [-0.1, -0.05) is 6.07 Å². The van der Waals surface area contributed by atoms with Crippen molar-refractivity contribution in [1.29, 1.82) is 0 Å². The van der Waals surface area contributed by atoms with E-state index in [9.17, 15) is 9.59 Å². The zero-order valence-electron chi connectivity index (χ0n) is 14.7. The van der Waals surface area contributed by atoms with Crippen LogP contribution in [0.3, 0.4) is 0 Å². The second-order valence-corrected chi connectivity index (χ2v) is 7.16. The van der Waals surface area contributed by atoms with E-state index in [0.717, 1.165) is 38.5 Å². The molecule has 2 aromatic rings. The van der Waals surface area contributed by atoms with Crippen LogP contribution in [0.1, 0.15) is 6.42 Å². The van der Waals surface area contributed by atoms with E-state index in [1.54, 1.807) is 19.3 Å². The first-order valence-electron chi connectivity index (χ1n) is 8.57. The molecule has 0 aliphatic carbocycles. The summed E-state index contributed by atoms with van der Waals surface area (Å²) in [5.74, 6) is 0.952. The molecule has 1 N–H and O–H groups in total. The molecule has 1 amide bonds. The molecule has 7 nitrogen and oxygen atoms in total. The van der Waals surface area contributed by atoms with Crippen molar-refractivity contribution in [2.75, 3.05) is 42.9 Å². The second kappa shape index (κ2) is 8.46. The van der Waals surface area contributed by atoms with Crippen LogP contribution in [0.2, 0.25) is 0 Å². The second-order valence-electron chi connectivity index (χ2n) is 6.31. The lowest BCUT2D eigenvalue weighted by Gasteiger charge is -2.35. The van der Waals surface area contributed by atoms with Crippen LogP contribution in [-0.2, 0) is 11.8 Å².